The van der Waals surface area contributed by atoms with Crippen LogP contribution in [0.25, 0.3) is 0 Å². The molecule has 12 heavy (non-hydrogen) atoms. The number of rotatable bonds is 1. The van der Waals surface area contributed by atoms with Crippen LogP contribution >= 0.6 is 0 Å². The monoisotopic (exact) mass is 162 g/mol. The van der Waals surface area contributed by atoms with Crippen molar-refractivity contribution >= 4 is 6.29 Å². The van der Waals surface area contributed by atoms with Crippen molar-refractivity contribution in [1.29, 1.82) is 0 Å². The van der Waals surface area contributed by atoms with E-state index in [1.807, 2.05) is 6.07 Å². The first-order valence-electron chi connectivity index (χ1n) is 4.05. The highest BCUT2D eigenvalue weighted by atomic mass is 16.1. The minimum atomic E-state index is 0.525. The van der Waals surface area contributed by atoms with Crippen LogP contribution in [0, 0.1) is 0 Å². The topological polar surface area (TPSA) is 42.0 Å². The average molecular weight is 162 g/mol. The molecule has 0 radical (unpaired) electrons. The van der Waals surface area contributed by atoms with Crippen molar-refractivity contribution in [1.82, 2.24) is 10.3 Å². The molecule has 0 spiro atoms. The van der Waals surface area contributed by atoms with Crippen LogP contribution < -0.4 is 5.32 Å². The third-order valence-electron chi connectivity index (χ3n) is 2.07. The normalized spacial score (nSPS) is 15.3. The summed E-state index contributed by atoms with van der Waals surface area (Å²) in [6, 6.07) is 3.77. The number of aromatic nitrogens is 1. The van der Waals surface area contributed by atoms with E-state index in [-0.39, 0.29) is 0 Å². The molecule has 3 nitrogen and oxygen atoms in total. The number of nitrogens with one attached hydrogen (secondary N) is 1. The Morgan fingerprint density at radius 2 is 2.42 bits per heavy atom. The first-order valence-corrected chi connectivity index (χ1v) is 4.05. The Hall–Kier alpha value is -1.22. The van der Waals surface area contributed by atoms with Crippen molar-refractivity contribution in [3.63, 3.8) is 0 Å². The van der Waals surface area contributed by atoms with Crippen LogP contribution in [0.5, 0.6) is 0 Å². The zero-order valence-electron chi connectivity index (χ0n) is 6.71. The number of hydrogen-bond donors (Lipinski definition) is 1. The average Bonchev–Trinajstić information content (AvgIpc) is 2.17. The fraction of sp³-hybridized carbons (Fsp3) is 0.333. The summed E-state index contributed by atoms with van der Waals surface area (Å²) < 4.78 is 0. The van der Waals surface area contributed by atoms with Crippen LogP contribution in [0.4, 0.5) is 0 Å². The van der Waals surface area contributed by atoms with E-state index in [2.05, 4.69) is 10.3 Å². The predicted molar refractivity (Wildman–Crippen MR) is 45.0 cm³/mol. The molecular weight excluding hydrogens is 152 g/mol. The predicted octanol–water partition coefficient (Wildman–Crippen LogP) is 0.540. The molecule has 1 aliphatic rings. The maximum Gasteiger partial charge on any atom is 0.168 e. The lowest BCUT2D eigenvalue weighted by Crippen LogP contribution is -2.24. The lowest BCUT2D eigenvalue weighted by Gasteiger charge is -2.15. The summed E-state index contributed by atoms with van der Waals surface area (Å²) in [6.07, 6.45) is 1.80. The number of nitrogens with zero attached hydrogens (tertiary/aromatic N) is 1. The fourth-order valence-corrected chi connectivity index (χ4v) is 1.42. The Bertz CT molecular complexity index is 309. The van der Waals surface area contributed by atoms with Crippen LogP contribution in [0.1, 0.15) is 21.7 Å². The highest BCUT2D eigenvalue weighted by Gasteiger charge is 2.09. The van der Waals surface area contributed by atoms with Crippen molar-refractivity contribution in [2.75, 3.05) is 6.54 Å². The van der Waals surface area contributed by atoms with Gasteiger partial charge in [0.1, 0.15) is 5.69 Å². The molecule has 0 aliphatic carbocycles. The lowest BCUT2D eigenvalue weighted by atomic mass is 10.1. The molecule has 2 rings (SSSR count). The molecule has 1 aromatic rings. The fourth-order valence-electron chi connectivity index (χ4n) is 1.42. The Morgan fingerprint density at radius 3 is 3.25 bits per heavy atom. The molecule has 0 saturated heterocycles. The number of fused-ring (bicyclic) bond motifs is 1. The van der Waals surface area contributed by atoms with E-state index in [0.717, 1.165) is 31.5 Å². The minimum absolute atomic E-state index is 0.525. The van der Waals surface area contributed by atoms with Gasteiger partial charge in [0.2, 0.25) is 0 Å². The summed E-state index contributed by atoms with van der Waals surface area (Å²) in [4.78, 5) is 14.6. The molecular formula is C9H10N2O. The molecule has 2 heterocycles. The number of carbonyl (C=O) groups excluding carboxylic acids is 1. The van der Waals surface area contributed by atoms with Crippen molar-refractivity contribution < 1.29 is 4.79 Å². The van der Waals surface area contributed by atoms with Gasteiger partial charge in [0.25, 0.3) is 0 Å². The van der Waals surface area contributed by atoms with Gasteiger partial charge in [-0.15, -0.1) is 0 Å². The van der Waals surface area contributed by atoms with E-state index in [0.29, 0.717) is 5.69 Å². The van der Waals surface area contributed by atoms with Crippen LogP contribution in [-0.2, 0) is 13.0 Å². The molecule has 0 aromatic carbocycles. The van der Waals surface area contributed by atoms with Crippen molar-refractivity contribution in [3.8, 4) is 0 Å². The molecule has 0 amide bonds. The summed E-state index contributed by atoms with van der Waals surface area (Å²) in [5.41, 5.74) is 2.81. The van der Waals surface area contributed by atoms with Crippen molar-refractivity contribution in [3.05, 3.63) is 29.1 Å². The van der Waals surface area contributed by atoms with Crippen LogP contribution in [0.2, 0.25) is 0 Å². The van der Waals surface area contributed by atoms with Crippen molar-refractivity contribution in [2.45, 2.75) is 13.0 Å². The molecule has 0 fully saturated rings. The van der Waals surface area contributed by atoms with Gasteiger partial charge in [-0.3, -0.25) is 4.79 Å². The molecule has 0 atom stereocenters. The second-order valence-electron chi connectivity index (χ2n) is 2.89. The Kier molecular flexibility index (Phi) is 1.87. The van der Waals surface area contributed by atoms with Gasteiger partial charge in [-0.05, 0) is 24.6 Å². The van der Waals surface area contributed by atoms with E-state index in [1.165, 1.54) is 5.56 Å². The molecule has 62 valence electrons. The molecule has 0 saturated carbocycles. The second-order valence-corrected chi connectivity index (χ2v) is 2.89. The zero-order chi connectivity index (χ0) is 8.39. The number of aldehydes is 1. The van der Waals surface area contributed by atoms with E-state index in [1.54, 1.807) is 6.07 Å². The van der Waals surface area contributed by atoms with E-state index in [9.17, 15) is 4.79 Å². The van der Waals surface area contributed by atoms with Gasteiger partial charge in [-0.1, -0.05) is 6.07 Å². The van der Waals surface area contributed by atoms with E-state index in [4.69, 9.17) is 0 Å². The Balaban J connectivity index is 2.42. The lowest BCUT2D eigenvalue weighted by molar-refractivity contribution is 0.111. The largest absolute Gasteiger partial charge is 0.311 e. The first kappa shape index (κ1) is 7.43. The van der Waals surface area contributed by atoms with Crippen LogP contribution in [0.15, 0.2) is 12.1 Å². The maximum absolute atomic E-state index is 10.4. The minimum Gasteiger partial charge on any atom is -0.311 e. The number of pyridine rings is 1. The first-order chi connectivity index (χ1) is 5.90. The molecule has 3 heteroatoms. The summed E-state index contributed by atoms with van der Waals surface area (Å²) in [5, 5.41) is 3.21. The van der Waals surface area contributed by atoms with Gasteiger partial charge in [0.15, 0.2) is 6.29 Å². The molecule has 0 bridgehead atoms. The van der Waals surface area contributed by atoms with Gasteiger partial charge in [-0.25, -0.2) is 4.98 Å². The SMILES string of the molecule is O=Cc1ccc2c(n1)CNCC2. The van der Waals surface area contributed by atoms with Gasteiger partial charge < -0.3 is 5.32 Å². The van der Waals surface area contributed by atoms with E-state index >= 15 is 0 Å². The standard InChI is InChI=1S/C9H10N2O/c12-6-8-2-1-7-3-4-10-5-9(7)11-8/h1-2,6,10H,3-5H2. The highest BCUT2D eigenvalue weighted by molar-refractivity contribution is 5.71. The highest BCUT2D eigenvalue weighted by Crippen LogP contribution is 2.10. The summed E-state index contributed by atoms with van der Waals surface area (Å²) >= 11 is 0. The van der Waals surface area contributed by atoms with Crippen LogP contribution in [0.3, 0.4) is 0 Å². The number of hydrogen-bond acceptors (Lipinski definition) is 3. The Labute approximate surface area is 70.8 Å². The second kappa shape index (κ2) is 3.03. The van der Waals surface area contributed by atoms with E-state index < -0.39 is 0 Å². The van der Waals surface area contributed by atoms with Crippen LogP contribution in [-0.4, -0.2) is 17.8 Å². The molecule has 1 N–H and O–H groups in total. The summed E-state index contributed by atoms with van der Waals surface area (Å²) in [5.74, 6) is 0. The van der Waals surface area contributed by atoms with Gasteiger partial charge in [0.05, 0.1) is 5.69 Å². The zero-order valence-corrected chi connectivity index (χ0v) is 6.71. The smallest absolute Gasteiger partial charge is 0.168 e. The number of carbonyl (C=O) groups is 1. The van der Waals surface area contributed by atoms with Gasteiger partial charge in [0, 0.05) is 6.54 Å². The molecule has 1 aromatic heterocycles. The summed E-state index contributed by atoms with van der Waals surface area (Å²) in [7, 11) is 0. The van der Waals surface area contributed by atoms with Crippen molar-refractivity contribution in [2.24, 2.45) is 0 Å². The molecule has 0 unspecified atom stereocenters. The quantitative estimate of drug-likeness (QED) is 0.613. The summed E-state index contributed by atoms with van der Waals surface area (Å²) in [6.45, 7) is 1.80. The third kappa shape index (κ3) is 1.23. The molecule has 1 aliphatic heterocycles. The maximum atomic E-state index is 10.4. The third-order valence-corrected chi connectivity index (χ3v) is 2.07. The Morgan fingerprint density at radius 1 is 1.50 bits per heavy atom. The van der Waals surface area contributed by atoms with Gasteiger partial charge in [-0.2, -0.15) is 0 Å². The van der Waals surface area contributed by atoms with Gasteiger partial charge >= 0.3 is 0 Å².